The normalized spacial score (nSPS) is 9.35. The molecule has 0 spiro atoms. The maximum absolute atomic E-state index is 9.50. The van der Waals surface area contributed by atoms with Crippen molar-refractivity contribution in [3.63, 3.8) is 0 Å². The van der Waals surface area contributed by atoms with Crippen molar-refractivity contribution in [3.8, 4) is 0 Å². The number of ether oxygens (including phenoxy) is 1. The molecule has 0 aliphatic rings. The number of hydrogen-bond donors (Lipinski definition) is 0. The van der Waals surface area contributed by atoms with E-state index in [-0.39, 0.29) is 154 Å². The molecule has 0 aliphatic heterocycles. The van der Waals surface area contributed by atoms with Crippen molar-refractivity contribution in [1.82, 2.24) is 0 Å². The van der Waals surface area contributed by atoms with E-state index in [4.69, 9.17) is 4.74 Å². The first-order valence-corrected chi connectivity index (χ1v) is 11.3. The van der Waals surface area contributed by atoms with Crippen LogP contribution in [0.1, 0.15) is 116 Å². The molecule has 0 aromatic heterocycles. The average Bonchev–Trinajstić information content (AvgIpc) is 2.66. The van der Waals surface area contributed by atoms with Gasteiger partial charge in [0.25, 0.3) is 0 Å². The van der Waals surface area contributed by atoms with Gasteiger partial charge in [-0.3, -0.25) is 0 Å². The summed E-state index contributed by atoms with van der Waals surface area (Å²) in [4.78, 5) is 19.0. The number of hydrogen-bond acceptors (Lipinski definition) is 5. The van der Waals surface area contributed by atoms with Gasteiger partial charge in [0.2, 0.25) is 0 Å². The summed E-state index contributed by atoms with van der Waals surface area (Å²) in [7, 11) is 0. The zero-order valence-corrected chi connectivity index (χ0v) is 30.6. The van der Waals surface area contributed by atoms with Crippen molar-refractivity contribution in [2.75, 3.05) is 13.2 Å². The maximum Gasteiger partial charge on any atom is 1.00 e. The molecule has 0 aromatic carbocycles. The molecule has 0 amide bonds. The minimum Gasteiger partial charge on any atom is -0.550 e. The quantitative estimate of drug-likeness (QED) is 0.0918. The van der Waals surface area contributed by atoms with E-state index in [0.717, 1.165) is 19.6 Å². The summed E-state index contributed by atoms with van der Waals surface area (Å²) in [6, 6.07) is 0. The molecule has 0 saturated carbocycles. The number of rotatable bonds is 20. The van der Waals surface area contributed by atoms with Crippen LogP contribution in [0.15, 0.2) is 0 Å². The second-order valence-electron chi connectivity index (χ2n) is 7.31. The summed E-state index contributed by atoms with van der Waals surface area (Å²) in [5.74, 6) is -2.73. The summed E-state index contributed by atoms with van der Waals surface area (Å²) in [5.41, 5.74) is 0. The summed E-state index contributed by atoms with van der Waals surface area (Å²) in [5, 5.41) is 19.0. The molecule has 0 aromatic rings. The van der Waals surface area contributed by atoms with E-state index in [1.807, 2.05) is 0 Å². The van der Waals surface area contributed by atoms with Crippen molar-refractivity contribution < 1.29 is 179 Å². The molecule has 0 heterocycles. The van der Waals surface area contributed by atoms with Gasteiger partial charge in [0.05, 0.1) is 0 Å². The predicted molar refractivity (Wildman–Crippen MR) is 110 cm³/mol. The Morgan fingerprint density at radius 1 is 0.613 bits per heavy atom. The predicted octanol–water partition coefficient (Wildman–Crippen LogP) is -5.01. The third-order valence-electron chi connectivity index (χ3n) is 4.46. The molecule has 5 nitrogen and oxygen atoms in total. The summed E-state index contributed by atoms with van der Waals surface area (Å²) < 4.78 is 5.43. The van der Waals surface area contributed by atoms with Crippen molar-refractivity contribution in [2.45, 2.75) is 116 Å². The van der Waals surface area contributed by atoms with Crippen LogP contribution in [0.25, 0.3) is 0 Å². The van der Waals surface area contributed by atoms with Gasteiger partial charge in [0.15, 0.2) is 0 Å². The van der Waals surface area contributed by atoms with Crippen LogP contribution in [0.4, 0.5) is 0 Å². The Morgan fingerprint density at radius 2 is 0.935 bits per heavy atom. The fraction of sp³-hybridized carbons (Fsp3) is 0.870. The molecule has 0 atom stereocenters. The number of carboxylic acids is 2. The maximum atomic E-state index is 9.50. The summed E-state index contributed by atoms with van der Waals surface area (Å²) in [6.07, 6.45) is 19.8. The van der Waals surface area contributed by atoms with Gasteiger partial charge in [-0.15, -0.1) is 0 Å². The van der Waals surface area contributed by atoms with Crippen LogP contribution in [-0.2, 0) is 14.3 Å². The van der Waals surface area contributed by atoms with Gasteiger partial charge in [0.1, 0.15) is 0 Å². The van der Waals surface area contributed by atoms with Crippen LogP contribution in [-0.4, -0.2) is 25.2 Å². The first-order chi connectivity index (χ1) is 13.5. The smallest absolute Gasteiger partial charge is 0.550 e. The van der Waals surface area contributed by atoms with Gasteiger partial charge in [-0.25, -0.2) is 0 Å². The molecule has 0 N–H and O–H groups in total. The Bertz CT molecular complexity index is 313. The van der Waals surface area contributed by atoms with Crippen LogP contribution in [0.3, 0.4) is 0 Å². The third-order valence-corrected chi connectivity index (χ3v) is 4.46. The van der Waals surface area contributed by atoms with E-state index < -0.39 is 24.8 Å². The van der Waals surface area contributed by atoms with Gasteiger partial charge < -0.3 is 31.5 Å². The van der Waals surface area contributed by atoms with E-state index >= 15 is 0 Å². The monoisotopic (exact) mass is 516 g/mol. The molecule has 0 unspecified atom stereocenters. The summed E-state index contributed by atoms with van der Waals surface area (Å²) >= 11 is 0. The van der Waals surface area contributed by atoms with E-state index in [0.29, 0.717) is 0 Å². The Kier molecular flexibility index (Phi) is 59.2. The first kappa shape index (κ1) is 44.8. The minimum atomic E-state index is -1.37. The molecule has 0 aliphatic carbocycles. The van der Waals surface area contributed by atoms with Gasteiger partial charge in [-0.05, 0) is 19.3 Å². The van der Waals surface area contributed by atoms with Gasteiger partial charge in [-0.2, -0.15) is 6.42 Å². The first-order valence-electron chi connectivity index (χ1n) is 11.3. The van der Waals surface area contributed by atoms with Crippen LogP contribution in [0.2, 0.25) is 0 Å². The van der Waals surface area contributed by atoms with Crippen LogP contribution in [0.5, 0.6) is 0 Å². The molecule has 0 rings (SSSR count). The Balaban J connectivity index is -0.000000176. The molecule has 0 bridgehead atoms. The molecule has 0 radical (unpaired) electrons. The second-order valence-corrected chi connectivity index (χ2v) is 7.31. The fourth-order valence-corrected chi connectivity index (χ4v) is 2.81. The standard InChI is InChI=1S/C19H39O.C4H6O4.3K/c1-3-5-6-7-8-9-10-11-12-13-14-15-16-17-19-20-18-4-2;5-3(6)1-2-4(7)8;;;/h2-19H2,1H3;1-2H2,(H,5,6)(H,7,8);;;/q-1;;3*+1/p-2. The molecular formula is C23H43K3O5. The van der Waals surface area contributed by atoms with Crippen LogP contribution >= 0.6 is 0 Å². The van der Waals surface area contributed by atoms with E-state index in [1.54, 1.807) is 0 Å². The van der Waals surface area contributed by atoms with Crippen molar-refractivity contribution >= 4 is 11.9 Å². The molecule has 8 heteroatoms. The van der Waals surface area contributed by atoms with Gasteiger partial charge >= 0.3 is 154 Å². The number of carbonyl (C=O) groups is 2. The second kappa shape index (κ2) is 41.0. The van der Waals surface area contributed by atoms with Crippen molar-refractivity contribution in [2.24, 2.45) is 0 Å². The van der Waals surface area contributed by atoms with Crippen LogP contribution < -0.4 is 164 Å². The Labute approximate surface area is 320 Å². The molecule has 0 saturated heterocycles. The summed E-state index contributed by atoms with van der Waals surface area (Å²) in [6.45, 7) is 7.83. The zero-order valence-electron chi connectivity index (χ0n) is 21.2. The number of carboxylic acid groups (broad SMARTS) is 2. The molecule has 168 valence electrons. The third kappa shape index (κ3) is 51.4. The van der Waals surface area contributed by atoms with Gasteiger partial charge in [-0.1, -0.05) is 90.4 Å². The van der Waals surface area contributed by atoms with E-state index in [2.05, 4.69) is 13.8 Å². The van der Waals surface area contributed by atoms with E-state index in [1.165, 1.54) is 89.9 Å². The van der Waals surface area contributed by atoms with Crippen molar-refractivity contribution in [3.05, 3.63) is 6.92 Å². The molecule has 31 heavy (non-hydrogen) atoms. The largest absolute Gasteiger partial charge is 1.00 e. The zero-order chi connectivity index (χ0) is 21.3. The minimum absolute atomic E-state index is 0. The van der Waals surface area contributed by atoms with Gasteiger partial charge in [0, 0.05) is 25.2 Å². The average molecular weight is 517 g/mol. The Hall–Kier alpha value is 3.81. The topological polar surface area (TPSA) is 89.5 Å². The number of unbranched alkanes of at least 4 members (excludes halogenated alkanes) is 13. The number of aliphatic carboxylic acids is 2. The SMILES string of the molecule is O=C([O-])CCC(=O)[O-].[CH2-]CCOCCCCCCCCCCCCCCCC.[K+].[K+].[K+]. The van der Waals surface area contributed by atoms with Crippen LogP contribution in [0, 0.1) is 6.92 Å². The van der Waals surface area contributed by atoms with E-state index in [9.17, 15) is 19.8 Å². The van der Waals surface area contributed by atoms with Crippen molar-refractivity contribution in [1.29, 1.82) is 0 Å². The fourth-order valence-electron chi connectivity index (χ4n) is 2.81. The molecule has 0 fully saturated rings. The molecular weight excluding hydrogens is 474 g/mol. The number of carbonyl (C=O) groups excluding carboxylic acids is 2. The Morgan fingerprint density at radius 3 is 1.23 bits per heavy atom.